The first-order chi connectivity index (χ1) is 10.7. The SMILES string of the molecule is O=[N+]([O-])c1ccc(CCN2CCN(C3CCCC3)CC2)cc1. The molecule has 0 bridgehead atoms. The second kappa shape index (κ2) is 7.20. The summed E-state index contributed by atoms with van der Waals surface area (Å²) >= 11 is 0. The Kier molecular flexibility index (Phi) is 5.05. The van der Waals surface area contributed by atoms with Gasteiger partial charge in [0.1, 0.15) is 0 Å². The van der Waals surface area contributed by atoms with E-state index < -0.39 is 0 Å². The highest BCUT2D eigenvalue weighted by Gasteiger charge is 2.25. The Hall–Kier alpha value is -1.46. The summed E-state index contributed by atoms with van der Waals surface area (Å²) in [6.45, 7) is 5.76. The molecule has 0 aromatic heterocycles. The Balaban J connectivity index is 1.42. The third-order valence-electron chi connectivity index (χ3n) is 5.11. The first kappa shape index (κ1) is 15.4. The molecule has 5 heteroatoms. The van der Waals surface area contributed by atoms with E-state index in [1.54, 1.807) is 12.1 Å². The highest BCUT2D eigenvalue weighted by molar-refractivity contribution is 5.32. The van der Waals surface area contributed by atoms with Crippen molar-refractivity contribution in [2.75, 3.05) is 32.7 Å². The highest BCUT2D eigenvalue weighted by atomic mass is 16.6. The van der Waals surface area contributed by atoms with Gasteiger partial charge in [-0.15, -0.1) is 0 Å². The molecule has 2 aliphatic rings. The van der Waals surface area contributed by atoms with Gasteiger partial charge in [0.15, 0.2) is 0 Å². The average Bonchev–Trinajstić information content (AvgIpc) is 3.08. The summed E-state index contributed by atoms with van der Waals surface area (Å²) in [5, 5.41) is 10.6. The van der Waals surface area contributed by atoms with Crippen LogP contribution in [0.4, 0.5) is 5.69 Å². The third kappa shape index (κ3) is 3.84. The number of nitrogens with zero attached hydrogens (tertiary/aromatic N) is 3. The molecule has 1 aromatic carbocycles. The summed E-state index contributed by atoms with van der Waals surface area (Å²) in [5.74, 6) is 0. The van der Waals surface area contributed by atoms with Gasteiger partial charge in [-0.3, -0.25) is 15.0 Å². The smallest absolute Gasteiger partial charge is 0.269 e. The molecule has 1 heterocycles. The molecule has 0 spiro atoms. The number of nitro groups is 1. The summed E-state index contributed by atoms with van der Waals surface area (Å²) < 4.78 is 0. The number of non-ortho nitro benzene ring substituents is 1. The van der Waals surface area contributed by atoms with Crippen molar-refractivity contribution in [3.05, 3.63) is 39.9 Å². The Bertz CT molecular complexity index is 489. The van der Waals surface area contributed by atoms with Crippen molar-refractivity contribution in [2.45, 2.75) is 38.1 Å². The van der Waals surface area contributed by atoms with Crippen molar-refractivity contribution in [2.24, 2.45) is 0 Å². The van der Waals surface area contributed by atoms with Crippen LogP contribution >= 0.6 is 0 Å². The topological polar surface area (TPSA) is 49.6 Å². The van der Waals surface area contributed by atoms with Crippen molar-refractivity contribution in [3.63, 3.8) is 0 Å². The van der Waals surface area contributed by atoms with E-state index in [0.29, 0.717) is 0 Å². The lowest BCUT2D eigenvalue weighted by atomic mass is 10.1. The summed E-state index contributed by atoms with van der Waals surface area (Å²) in [7, 11) is 0. The van der Waals surface area contributed by atoms with Crippen LogP contribution in [0, 0.1) is 10.1 Å². The molecule has 2 fully saturated rings. The molecular formula is C17H25N3O2. The Morgan fingerprint density at radius 1 is 1.05 bits per heavy atom. The molecule has 1 aliphatic carbocycles. The first-order valence-electron chi connectivity index (χ1n) is 8.42. The largest absolute Gasteiger partial charge is 0.300 e. The van der Waals surface area contributed by atoms with E-state index in [2.05, 4.69) is 9.80 Å². The van der Waals surface area contributed by atoms with Crippen molar-refractivity contribution in [1.29, 1.82) is 0 Å². The molecule has 5 nitrogen and oxygen atoms in total. The van der Waals surface area contributed by atoms with Crippen LogP contribution in [0.1, 0.15) is 31.2 Å². The normalized spacial score (nSPS) is 21.3. The van der Waals surface area contributed by atoms with E-state index >= 15 is 0 Å². The van der Waals surface area contributed by atoms with Crippen LogP contribution in [0.3, 0.4) is 0 Å². The molecule has 0 unspecified atom stereocenters. The van der Waals surface area contributed by atoms with Crippen LogP contribution in [0.25, 0.3) is 0 Å². The minimum Gasteiger partial charge on any atom is -0.300 e. The van der Waals surface area contributed by atoms with Gasteiger partial charge < -0.3 is 4.90 Å². The number of rotatable bonds is 5. The van der Waals surface area contributed by atoms with E-state index in [9.17, 15) is 10.1 Å². The third-order valence-corrected chi connectivity index (χ3v) is 5.11. The van der Waals surface area contributed by atoms with Crippen LogP contribution < -0.4 is 0 Å². The monoisotopic (exact) mass is 303 g/mol. The van der Waals surface area contributed by atoms with E-state index in [4.69, 9.17) is 0 Å². The summed E-state index contributed by atoms with van der Waals surface area (Å²) in [4.78, 5) is 15.5. The Morgan fingerprint density at radius 3 is 2.27 bits per heavy atom. The fraction of sp³-hybridized carbons (Fsp3) is 0.647. The van der Waals surface area contributed by atoms with Gasteiger partial charge in [-0.1, -0.05) is 25.0 Å². The molecule has 0 amide bonds. The molecule has 22 heavy (non-hydrogen) atoms. The second-order valence-electron chi connectivity index (χ2n) is 6.49. The second-order valence-corrected chi connectivity index (χ2v) is 6.49. The zero-order valence-electron chi connectivity index (χ0n) is 13.1. The molecule has 1 saturated heterocycles. The van der Waals surface area contributed by atoms with Gasteiger partial charge in [-0.2, -0.15) is 0 Å². The van der Waals surface area contributed by atoms with Gasteiger partial charge in [-0.25, -0.2) is 0 Å². The van der Waals surface area contributed by atoms with Crippen molar-refractivity contribution < 1.29 is 4.92 Å². The predicted molar refractivity (Wildman–Crippen MR) is 87.1 cm³/mol. The standard InChI is InChI=1S/C17H25N3O2/c21-20(22)17-7-5-15(6-8-17)9-10-18-11-13-19(14-12-18)16-3-1-2-4-16/h5-8,16H,1-4,9-14H2. The molecule has 0 radical (unpaired) electrons. The van der Waals surface area contributed by atoms with Gasteiger partial charge in [-0.05, 0) is 24.8 Å². The maximum Gasteiger partial charge on any atom is 0.269 e. The van der Waals surface area contributed by atoms with Crippen LogP contribution in [0.15, 0.2) is 24.3 Å². The summed E-state index contributed by atoms with van der Waals surface area (Å²) in [5.41, 5.74) is 1.36. The molecule has 0 atom stereocenters. The zero-order valence-corrected chi connectivity index (χ0v) is 13.1. The van der Waals surface area contributed by atoms with Gasteiger partial charge >= 0.3 is 0 Å². The Labute approximate surface area is 132 Å². The predicted octanol–water partition coefficient (Wildman–Crippen LogP) is 2.70. The molecule has 120 valence electrons. The molecule has 1 aliphatic heterocycles. The maximum atomic E-state index is 10.6. The number of piperazine rings is 1. The Morgan fingerprint density at radius 2 is 1.68 bits per heavy atom. The van der Waals surface area contributed by atoms with E-state index in [1.165, 1.54) is 44.3 Å². The van der Waals surface area contributed by atoms with Crippen molar-refractivity contribution >= 4 is 5.69 Å². The van der Waals surface area contributed by atoms with Crippen LogP contribution in [-0.2, 0) is 6.42 Å². The molecule has 0 N–H and O–H groups in total. The zero-order chi connectivity index (χ0) is 15.4. The van der Waals surface area contributed by atoms with Gasteiger partial charge in [0.05, 0.1) is 4.92 Å². The lowest BCUT2D eigenvalue weighted by molar-refractivity contribution is -0.384. The van der Waals surface area contributed by atoms with Crippen molar-refractivity contribution in [1.82, 2.24) is 9.80 Å². The fourth-order valence-corrected chi connectivity index (χ4v) is 3.69. The minimum atomic E-state index is -0.341. The number of hydrogen-bond acceptors (Lipinski definition) is 4. The maximum absolute atomic E-state index is 10.6. The molecular weight excluding hydrogens is 278 g/mol. The summed E-state index contributed by atoms with van der Waals surface area (Å²) in [6.07, 6.45) is 6.57. The minimum absolute atomic E-state index is 0.175. The fourth-order valence-electron chi connectivity index (χ4n) is 3.69. The quantitative estimate of drug-likeness (QED) is 0.620. The highest BCUT2D eigenvalue weighted by Crippen LogP contribution is 2.24. The van der Waals surface area contributed by atoms with E-state index in [0.717, 1.165) is 32.1 Å². The number of hydrogen-bond donors (Lipinski definition) is 0. The van der Waals surface area contributed by atoms with Crippen LogP contribution in [0.2, 0.25) is 0 Å². The van der Waals surface area contributed by atoms with Crippen LogP contribution in [-0.4, -0.2) is 53.5 Å². The lowest BCUT2D eigenvalue weighted by Gasteiger charge is -2.38. The van der Waals surface area contributed by atoms with E-state index in [-0.39, 0.29) is 10.6 Å². The van der Waals surface area contributed by atoms with Crippen molar-refractivity contribution in [3.8, 4) is 0 Å². The van der Waals surface area contributed by atoms with E-state index in [1.807, 2.05) is 12.1 Å². The van der Waals surface area contributed by atoms with Gasteiger partial charge in [0, 0.05) is 50.9 Å². The van der Waals surface area contributed by atoms with Gasteiger partial charge in [0.2, 0.25) is 0 Å². The molecule has 1 saturated carbocycles. The molecule has 1 aromatic rings. The molecule has 3 rings (SSSR count). The average molecular weight is 303 g/mol. The first-order valence-corrected chi connectivity index (χ1v) is 8.42. The van der Waals surface area contributed by atoms with Gasteiger partial charge in [0.25, 0.3) is 5.69 Å². The number of nitro benzene ring substituents is 1. The number of benzene rings is 1. The lowest BCUT2D eigenvalue weighted by Crippen LogP contribution is -2.50. The van der Waals surface area contributed by atoms with Crippen LogP contribution in [0.5, 0.6) is 0 Å². The summed E-state index contributed by atoms with van der Waals surface area (Å²) in [6, 6.07) is 7.82.